The predicted molar refractivity (Wildman–Crippen MR) is 105 cm³/mol. The Kier molecular flexibility index (Phi) is 4.95. The van der Waals surface area contributed by atoms with Crippen molar-refractivity contribution in [3.63, 3.8) is 0 Å². The summed E-state index contributed by atoms with van der Waals surface area (Å²) < 4.78 is 32.4. The molecule has 2 aromatic carbocycles. The number of fused-ring (bicyclic) bond motifs is 1. The molecule has 3 aromatic rings. The summed E-state index contributed by atoms with van der Waals surface area (Å²) in [6, 6.07) is 12.8. The van der Waals surface area contributed by atoms with E-state index in [9.17, 15) is 13.4 Å². The molecule has 144 valence electrons. The number of anilines is 1. The van der Waals surface area contributed by atoms with Gasteiger partial charge in [-0.05, 0) is 43.3 Å². The summed E-state index contributed by atoms with van der Waals surface area (Å²) in [6.45, 7) is 2.28. The molecule has 0 bridgehead atoms. The number of ether oxygens (including phenoxy) is 1. The summed E-state index contributed by atoms with van der Waals surface area (Å²) in [5.74, 6) is 0.870. The van der Waals surface area contributed by atoms with Gasteiger partial charge in [-0.2, -0.15) is 5.10 Å². The van der Waals surface area contributed by atoms with Crippen molar-refractivity contribution < 1.29 is 18.1 Å². The lowest BCUT2D eigenvalue weighted by Gasteiger charge is -2.13. The first-order chi connectivity index (χ1) is 13.6. The zero-order valence-corrected chi connectivity index (χ0v) is 16.0. The van der Waals surface area contributed by atoms with E-state index in [4.69, 9.17) is 4.74 Å². The molecule has 0 fully saturated rings. The van der Waals surface area contributed by atoms with E-state index < -0.39 is 10.8 Å². The Balaban J connectivity index is 1.74. The van der Waals surface area contributed by atoms with Crippen LogP contribution < -0.4 is 10.1 Å². The molecule has 1 aliphatic rings. The van der Waals surface area contributed by atoms with Gasteiger partial charge in [-0.1, -0.05) is 12.1 Å². The molecule has 4 rings (SSSR count). The number of hydrogen-bond acceptors (Lipinski definition) is 4. The molecule has 1 unspecified atom stereocenters. The molecule has 0 spiro atoms. The number of amides is 1. The van der Waals surface area contributed by atoms with E-state index in [1.807, 2.05) is 6.92 Å². The predicted octanol–water partition coefficient (Wildman–Crippen LogP) is 3.42. The molecule has 1 N–H and O–H groups in total. The molecule has 28 heavy (non-hydrogen) atoms. The van der Waals surface area contributed by atoms with Gasteiger partial charge < -0.3 is 10.1 Å². The van der Waals surface area contributed by atoms with E-state index in [1.54, 1.807) is 41.1 Å². The number of nitrogens with zero attached hydrogens (tertiary/aromatic N) is 2. The highest BCUT2D eigenvalue weighted by atomic mass is 32.2. The SMILES string of the molecule is CCOc1ccccc1C(=O)Nc1c2c(nn1-c1ccc(F)cc1)CS(=O)C2. The zero-order valence-electron chi connectivity index (χ0n) is 15.1. The molecule has 6 nitrogen and oxygen atoms in total. The first-order valence-electron chi connectivity index (χ1n) is 8.81. The van der Waals surface area contributed by atoms with Gasteiger partial charge in [-0.3, -0.25) is 9.00 Å². The summed E-state index contributed by atoms with van der Waals surface area (Å²) in [6.07, 6.45) is 0. The number of carbonyl (C=O) groups is 1. The van der Waals surface area contributed by atoms with Crippen molar-refractivity contribution in [1.82, 2.24) is 9.78 Å². The maximum Gasteiger partial charge on any atom is 0.260 e. The number of para-hydroxylation sites is 1. The van der Waals surface area contributed by atoms with Crippen LogP contribution in [-0.2, 0) is 22.3 Å². The molecule has 8 heteroatoms. The van der Waals surface area contributed by atoms with E-state index in [0.29, 0.717) is 46.6 Å². The standard InChI is InChI=1S/C20H18FN3O3S/c1-2-27-18-6-4-3-5-15(18)20(25)22-19-16-11-28(26)12-17(16)23-24(19)14-9-7-13(21)8-10-14/h3-10H,2,11-12H2,1H3,(H,22,25). The van der Waals surface area contributed by atoms with Crippen LogP contribution in [0, 0.1) is 5.82 Å². The van der Waals surface area contributed by atoms with Gasteiger partial charge in [-0.25, -0.2) is 9.07 Å². The summed E-state index contributed by atoms with van der Waals surface area (Å²) in [4.78, 5) is 13.0. The van der Waals surface area contributed by atoms with Gasteiger partial charge in [0.05, 0.1) is 35.1 Å². The average Bonchev–Trinajstić information content (AvgIpc) is 3.20. The number of rotatable bonds is 5. The molecular formula is C20H18FN3O3S. The Bertz CT molecular complexity index is 1060. The number of hydrogen-bond donors (Lipinski definition) is 1. The third-order valence-electron chi connectivity index (χ3n) is 4.40. The minimum atomic E-state index is -1.05. The van der Waals surface area contributed by atoms with E-state index in [0.717, 1.165) is 5.56 Å². The number of aromatic nitrogens is 2. The average molecular weight is 399 g/mol. The lowest BCUT2D eigenvalue weighted by atomic mass is 10.2. The van der Waals surface area contributed by atoms with Crippen LogP contribution in [-0.4, -0.2) is 26.5 Å². The van der Waals surface area contributed by atoms with E-state index in [2.05, 4.69) is 10.4 Å². The van der Waals surface area contributed by atoms with Gasteiger partial charge in [0, 0.05) is 16.4 Å². The van der Waals surface area contributed by atoms with Crippen LogP contribution in [0.1, 0.15) is 28.5 Å². The van der Waals surface area contributed by atoms with Crippen molar-refractivity contribution in [3.8, 4) is 11.4 Å². The summed E-state index contributed by atoms with van der Waals surface area (Å²) in [5, 5.41) is 7.39. The fourth-order valence-electron chi connectivity index (χ4n) is 3.14. The van der Waals surface area contributed by atoms with Crippen molar-refractivity contribution in [2.24, 2.45) is 0 Å². The van der Waals surface area contributed by atoms with Crippen LogP contribution in [0.4, 0.5) is 10.2 Å². The third kappa shape index (κ3) is 3.43. The molecule has 1 atom stereocenters. The van der Waals surface area contributed by atoms with Crippen molar-refractivity contribution >= 4 is 22.5 Å². The van der Waals surface area contributed by atoms with Crippen LogP contribution in [0.2, 0.25) is 0 Å². The number of carbonyl (C=O) groups excluding carboxylic acids is 1. The van der Waals surface area contributed by atoms with E-state index in [-0.39, 0.29) is 11.7 Å². The van der Waals surface area contributed by atoms with Gasteiger partial charge in [0.2, 0.25) is 0 Å². The Hall–Kier alpha value is -3.00. The molecular weight excluding hydrogens is 381 g/mol. The van der Waals surface area contributed by atoms with E-state index >= 15 is 0 Å². The first kappa shape index (κ1) is 18.4. The molecule has 0 saturated carbocycles. The molecule has 0 radical (unpaired) electrons. The monoisotopic (exact) mass is 399 g/mol. The number of nitrogens with one attached hydrogen (secondary N) is 1. The van der Waals surface area contributed by atoms with Crippen molar-refractivity contribution in [1.29, 1.82) is 0 Å². The largest absolute Gasteiger partial charge is 0.493 e. The maximum atomic E-state index is 13.3. The second kappa shape index (κ2) is 7.55. The van der Waals surface area contributed by atoms with Crippen molar-refractivity contribution in [3.05, 3.63) is 71.2 Å². The molecule has 1 aliphatic heterocycles. The van der Waals surface area contributed by atoms with Crippen LogP contribution in [0.3, 0.4) is 0 Å². The summed E-state index contributed by atoms with van der Waals surface area (Å²) >= 11 is 0. The summed E-state index contributed by atoms with van der Waals surface area (Å²) in [5.41, 5.74) is 2.42. The highest BCUT2D eigenvalue weighted by molar-refractivity contribution is 7.83. The third-order valence-corrected chi connectivity index (χ3v) is 5.61. The van der Waals surface area contributed by atoms with Crippen molar-refractivity contribution in [2.45, 2.75) is 18.4 Å². The quantitative estimate of drug-likeness (QED) is 0.714. The molecule has 1 aromatic heterocycles. The lowest BCUT2D eigenvalue weighted by molar-refractivity contribution is 0.102. The van der Waals surface area contributed by atoms with Crippen LogP contribution in [0.15, 0.2) is 48.5 Å². The van der Waals surface area contributed by atoms with Gasteiger partial charge in [0.1, 0.15) is 17.4 Å². The maximum absolute atomic E-state index is 13.3. The Morgan fingerprint density at radius 1 is 1.21 bits per heavy atom. The van der Waals surface area contributed by atoms with Gasteiger partial charge >= 0.3 is 0 Å². The van der Waals surface area contributed by atoms with Gasteiger partial charge in [-0.15, -0.1) is 0 Å². The smallest absolute Gasteiger partial charge is 0.260 e. The minimum absolute atomic E-state index is 0.319. The zero-order chi connectivity index (χ0) is 19.7. The van der Waals surface area contributed by atoms with Gasteiger partial charge in [0.25, 0.3) is 5.91 Å². The second-order valence-corrected chi connectivity index (χ2v) is 7.73. The lowest BCUT2D eigenvalue weighted by Crippen LogP contribution is -2.17. The van der Waals surface area contributed by atoms with Crippen molar-refractivity contribution in [2.75, 3.05) is 11.9 Å². The Labute approximate surface area is 163 Å². The van der Waals surface area contributed by atoms with Gasteiger partial charge in [0.15, 0.2) is 0 Å². The number of halogens is 1. The Morgan fingerprint density at radius 3 is 2.71 bits per heavy atom. The molecule has 0 saturated heterocycles. The van der Waals surface area contributed by atoms with Crippen LogP contribution in [0.5, 0.6) is 5.75 Å². The van der Waals surface area contributed by atoms with Crippen LogP contribution in [0.25, 0.3) is 5.69 Å². The molecule has 0 aliphatic carbocycles. The topological polar surface area (TPSA) is 73.2 Å². The minimum Gasteiger partial charge on any atom is -0.493 e. The fraction of sp³-hybridized carbons (Fsp3) is 0.200. The molecule has 1 amide bonds. The number of benzene rings is 2. The fourth-order valence-corrected chi connectivity index (χ4v) is 4.40. The van der Waals surface area contributed by atoms with Crippen LogP contribution >= 0.6 is 0 Å². The highest BCUT2D eigenvalue weighted by Crippen LogP contribution is 2.32. The molecule has 2 heterocycles. The summed E-state index contributed by atoms with van der Waals surface area (Å²) in [7, 11) is -1.05. The highest BCUT2D eigenvalue weighted by Gasteiger charge is 2.29. The second-order valence-electron chi connectivity index (χ2n) is 6.27. The first-order valence-corrected chi connectivity index (χ1v) is 10.3. The Morgan fingerprint density at radius 2 is 1.96 bits per heavy atom. The van der Waals surface area contributed by atoms with E-state index in [1.165, 1.54) is 12.1 Å². The normalized spacial score (nSPS) is 15.3.